The predicted octanol–water partition coefficient (Wildman–Crippen LogP) is 5.25. The minimum Gasteiger partial charge on any atom is -0.491 e. The minimum absolute atomic E-state index is 0. The van der Waals surface area contributed by atoms with E-state index in [4.69, 9.17) is 45.3 Å². The van der Waals surface area contributed by atoms with Gasteiger partial charge in [-0.05, 0) is 37.1 Å². The lowest BCUT2D eigenvalue weighted by atomic mass is 10.1. The zero-order valence-electron chi connectivity index (χ0n) is 12.2. The first-order valence-corrected chi connectivity index (χ1v) is 8.10. The van der Waals surface area contributed by atoms with Gasteiger partial charge in [0.25, 0.3) is 0 Å². The molecule has 1 aromatic carbocycles. The standard InChI is InChI=1S/C16H15Cl3N2O.ClH/c17-10-1-2-14(18)12(5-10)13-6-11(7-21-15(13)19)22-9-16(8-20)3-4-16;/h1-2,5-7H,3-4,8-9,20H2;1H. The summed E-state index contributed by atoms with van der Waals surface area (Å²) in [6.07, 6.45) is 3.83. The molecule has 7 heteroatoms. The Balaban J connectivity index is 0.00000192. The summed E-state index contributed by atoms with van der Waals surface area (Å²) in [4.78, 5) is 4.18. The van der Waals surface area contributed by atoms with Gasteiger partial charge in [0.2, 0.25) is 0 Å². The quantitative estimate of drug-likeness (QED) is 0.705. The predicted molar refractivity (Wildman–Crippen MR) is 98.2 cm³/mol. The van der Waals surface area contributed by atoms with Gasteiger partial charge >= 0.3 is 0 Å². The van der Waals surface area contributed by atoms with E-state index in [1.807, 2.05) is 6.07 Å². The Bertz CT molecular complexity index is 704. The zero-order valence-corrected chi connectivity index (χ0v) is 15.3. The van der Waals surface area contributed by atoms with Crippen LogP contribution in [-0.2, 0) is 0 Å². The van der Waals surface area contributed by atoms with E-state index in [0.29, 0.717) is 39.7 Å². The minimum atomic E-state index is 0. The fraction of sp³-hybridized carbons (Fsp3) is 0.312. The first-order chi connectivity index (χ1) is 10.5. The maximum Gasteiger partial charge on any atom is 0.138 e. The maximum absolute atomic E-state index is 6.23. The number of nitrogens with zero attached hydrogens (tertiary/aromatic N) is 1. The highest BCUT2D eigenvalue weighted by Gasteiger charge is 2.42. The first-order valence-electron chi connectivity index (χ1n) is 6.97. The molecule has 23 heavy (non-hydrogen) atoms. The maximum atomic E-state index is 6.23. The van der Waals surface area contributed by atoms with Crippen LogP contribution in [0, 0.1) is 5.41 Å². The monoisotopic (exact) mass is 392 g/mol. The summed E-state index contributed by atoms with van der Waals surface area (Å²) in [5.41, 5.74) is 7.33. The lowest BCUT2D eigenvalue weighted by Crippen LogP contribution is -2.22. The van der Waals surface area contributed by atoms with Crippen LogP contribution < -0.4 is 10.5 Å². The second kappa shape index (κ2) is 7.45. The molecule has 0 amide bonds. The molecule has 0 aliphatic heterocycles. The normalized spacial score (nSPS) is 15.0. The molecule has 1 aliphatic rings. The van der Waals surface area contributed by atoms with Gasteiger partial charge in [-0.15, -0.1) is 12.4 Å². The Labute approximate surface area is 156 Å². The van der Waals surface area contributed by atoms with E-state index in [0.717, 1.165) is 18.4 Å². The fourth-order valence-corrected chi connectivity index (χ4v) is 2.82. The lowest BCUT2D eigenvalue weighted by Gasteiger charge is -2.15. The molecule has 2 N–H and O–H groups in total. The number of benzene rings is 1. The third kappa shape index (κ3) is 4.23. The van der Waals surface area contributed by atoms with Crippen LogP contribution >= 0.6 is 47.2 Å². The third-order valence-electron chi connectivity index (χ3n) is 3.97. The van der Waals surface area contributed by atoms with Crippen molar-refractivity contribution < 1.29 is 4.74 Å². The summed E-state index contributed by atoms with van der Waals surface area (Å²) < 4.78 is 5.83. The van der Waals surface area contributed by atoms with Gasteiger partial charge in [0.15, 0.2) is 0 Å². The molecule has 1 aromatic heterocycles. The van der Waals surface area contributed by atoms with Crippen molar-refractivity contribution in [3.05, 3.63) is 45.7 Å². The van der Waals surface area contributed by atoms with Crippen molar-refractivity contribution in [1.29, 1.82) is 0 Å². The Morgan fingerprint density at radius 3 is 2.52 bits per heavy atom. The zero-order chi connectivity index (χ0) is 15.7. The molecule has 2 aromatic rings. The average Bonchev–Trinajstić information content (AvgIpc) is 3.30. The van der Waals surface area contributed by atoms with Crippen molar-refractivity contribution in [1.82, 2.24) is 4.98 Å². The molecule has 3 nitrogen and oxygen atoms in total. The van der Waals surface area contributed by atoms with E-state index in [-0.39, 0.29) is 17.8 Å². The Morgan fingerprint density at radius 1 is 1.13 bits per heavy atom. The summed E-state index contributed by atoms with van der Waals surface area (Å²) in [6, 6.07) is 7.06. The van der Waals surface area contributed by atoms with E-state index in [9.17, 15) is 0 Å². The SMILES string of the molecule is Cl.NCC1(COc2cnc(Cl)c(-c3cc(Cl)ccc3Cl)c2)CC1. The van der Waals surface area contributed by atoms with Gasteiger partial charge in [0, 0.05) is 33.1 Å². The topological polar surface area (TPSA) is 48.1 Å². The van der Waals surface area contributed by atoms with Crippen molar-refractivity contribution in [2.24, 2.45) is 11.1 Å². The Hall–Kier alpha value is -0.710. The van der Waals surface area contributed by atoms with Crippen molar-refractivity contribution in [2.45, 2.75) is 12.8 Å². The summed E-state index contributed by atoms with van der Waals surface area (Å²) in [5.74, 6) is 0.648. The lowest BCUT2D eigenvalue weighted by molar-refractivity contribution is 0.238. The second-order valence-corrected chi connectivity index (χ2v) is 6.83. The van der Waals surface area contributed by atoms with Gasteiger partial charge in [-0.3, -0.25) is 0 Å². The second-order valence-electron chi connectivity index (χ2n) is 5.63. The van der Waals surface area contributed by atoms with Crippen LogP contribution in [0.3, 0.4) is 0 Å². The number of pyridine rings is 1. The molecule has 1 heterocycles. The molecule has 0 spiro atoms. The molecular formula is C16H16Cl4N2O. The van der Waals surface area contributed by atoms with Crippen LogP contribution in [0.15, 0.2) is 30.5 Å². The molecule has 0 unspecified atom stereocenters. The Kier molecular flexibility index (Phi) is 6.04. The molecule has 0 bridgehead atoms. The number of nitrogens with two attached hydrogens (primary N) is 1. The van der Waals surface area contributed by atoms with Gasteiger partial charge in [-0.1, -0.05) is 34.8 Å². The molecule has 1 saturated carbocycles. The van der Waals surface area contributed by atoms with E-state index >= 15 is 0 Å². The molecular weight excluding hydrogens is 378 g/mol. The number of halogens is 4. The molecule has 0 saturated heterocycles. The number of rotatable bonds is 5. The first kappa shape index (κ1) is 18.6. The number of hydrogen-bond donors (Lipinski definition) is 1. The summed E-state index contributed by atoms with van der Waals surface area (Å²) in [5, 5.41) is 1.50. The smallest absolute Gasteiger partial charge is 0.138 e. The molecule has 0 atom stereocenters. The summed E-state index contributed by atoms with van der Waals surface area (Å²) in [7, 11) is 0. The van der Waals surface area contributed by atoms with Gasteiger partial charge < -0.3 is 10.5 Å². The van der Waals surface area contributed by atoms with Gasteiger partial charge in [0.05, 0.1) is 12.8 Å². The van der Waals surface area contributed by atoms with E-state index in [1.165, 1.54) is 0 Å². The highest BCUT2D eigenvalue weighted by molar-refractivity contribution is 6.37. The van der Waals surface area contributed by atoms with Crippen molar-refractivity contribution in [3.63, 3.8) is 0 Å². The van der Waals surface area contributed by atoms with Gasteiger partial charge in [-0.2, -0.15) is 0 Å². The molecule has 3 rings (SSSR count). The number of ether oxygens (including phenoxy) is 1. The van der Waals surface area contributed by atoms with Crippen LogP contribution in [0.5, 0.6) is 5.75 Å². The largest absolute Gasteiger partial charge is 0.491 e. The van der Waals surface area contributed by atoms with Gasteiger partial charge in [-0.25, -0.2) is 4.98 Å². The van der Waals surface area contributed by atoms with E-state index in [1.54, 1.807) is 24.4 Å². The van der Waals surface area contributed by atoms with Crippen molar-refractivity contribution >= 4 is 47.2 Å². The fourth-order valence-electron chi connectivity index (χ4n) is 2.22. The van der Waals surface area contributed by atoms with E-state index in [2.05, 4.69) is 4.98 Å². The van der Waals surface area contributed by atoms with E-state index < -0.39 is 0 Å². The highest BCUT2D eigenvalue weighted by atomic mass is 35.5. The van der Waals surface area contributed by atoms with Crippen molar-refractivity contribution in [2.75, 3.05) is 13.2 Å². The number of hydrogen-bond acceptors (Lipinski definition) is 3. The summed E-state index contributed by atoms with van der Waals surface area (Å²) >= 11 is 18.5. The number of aromatic nitrogens is 1. The van der Waals surface area contributed by atoms with Crippen LogP contribution in [0.4, 0.5) is 0 Å². The summed E-state index contributed by atoms with van der Waals surface area (Å²) in [6.45, 7) is 1.23. The molecule has 124 valence electrons. The van der Waals surface area contributed by atoms with Gasteiger partial charge in [0.1, 0.15) is 10.9 Å². The van der Waals surface area contributed by atoms with Crippen LogP contribution in [0.25, 0.3) is 11.1 Å². The molecule has 1 aliphatic carbocycles. The average molecular weight is 394 g/mol. The van der Waals surface area contributed by atoms with Crippen LogP contribution in [0.2, 0.25) is 15.2 Å². The highest BCUT2D eigenvalue weighted by Crippen LogP contribution is 2.45. The van der Waals surface area contributed by atoms with Crippen LogP contribution in [0.1, 0.15) is 12.8 Å². The molecule has 1 fully saturated rings. The Morgan fingerprint density at radius 2 is 1.87 bits per heavy atom. The molecule has 0 radical (unpaired) electrons. The van der Waals surface area contributed by atoms with Crippen molar-refractivity contribution in [3.8, 4) is 16.9 Å². The third-order valence-corrected chi connectivity index (χ3v) is 4.83. The van der Waals surface area contributed by atoms with Crippen LogP contribution in [-0.4, -0.2) is 18.1 Å².